The van der Waals surface area contributed by atoms with E-state index in [0.717, 1.165) is 45.6 Å². The van der Waals surface area contributed by atoms with Gasteiger partial charge >= 0.3 is 0 Å². The van der Waals surface area contributed by atoms with Gasteiger partial charge in [-0.1, -0.05) is 6.08 Å². The van der Waals surface area contributed by atoms with Gasteiger partial charge in [0.15, 0.2) is 0 Å². The van der Waals surface area contributed by atoms with Gasteiger partial charge in [0.25, 0.3) is 0 Å². The first-order valence-corrected chi connectivity index (χ1v) is 5.93. The quantitative estimate of drug-likeness (QED) is 0.458. The van der Waals surface area contributed by atoms with Gasteiger partial charge in [0.05, 0.1) is 24.7 Å². The molecule has 3 heteroatoms. The van der Waals surface area contributed by atoms with Crippen molar-refractivity contribution in [1.82, 2.24) is 5.32 Å². The van der Waals surface area contributed by atoms with Gasteiger partial charge in [-0.15, -0.1) is 6.58 Å². The van der Waals surface area contributed by atoms with Gasteiger partial charge in [-0.05, 0) is 39.7 Å². The summed E-state index contributed by atoms with van der Waals surface area (Å²) in [6.45, 7) is 10.9. The Bertz CT molecular complexity index is 218. The number of ether oxygens (including phenoxy) is 1. The third kappa shape index (κ3) is 9.70. The molecule has 3 nitrogen and oxygen atoms in total. The van der Waals surface area contributed by atoms with Crippen LogP contribution in [0.1, 0.15) is 33.1 Å². The third-order valence-corrected chi connectivity index (χ3v) is 2.35. The van der Waals surface area contributed by atoms with Gasteiger partial charge in [0, 0.05) is 6.54 Å². The van der Waals surface area contributed by atoms with E-state index in [4.69, 9.17) is 10.00 Å². The summed E-state index contributed by atoms with van der Waals surface area (Å²) in [6, 6.07) is 2.30. The van der Waals surface area contributed by atoms with Gasteiger partial charge in [-0.25, -0.2) is 0 Å². The van der Waals surface area contributed by atoms with Crippen molar-refractivity contribution in [2.24, 2.45) is 5.41 Å². The number of hydrogen-bond acceptors (Lipinski definition) is 3. The van der Waals surface area contributed by atoms with Crippen molar-refractivity contribution < 1.29 is 4.74 Å². The lowest BCUT2D eigenvalue weighted by Crippen LogP contribution is -2.22. The molecule has 0 aliphatic carbocycles. The van der Waals surface area contributed by atoms with Gasteiger partial charge in [-0.3, -0.25) is 0 Å². The van der Waals surface area contributed by atoms with Crippen LogP contribution in [0.3, 0.4) is 0 Å². The maximum Gasteiger partial charge on any atom is 0.0683 e. The lowest BCUT2D eigenvalue weighted by atomic mass is 9.90. The van der Waals surface area contributed by atoms with Gasteiger partial charge in [-0.2, -0.15) is 5.26 Å². The van der Waals surface area contributed by atoms with Crippen LogP contribution >= 0.6 is 0 Å². The van der Waals surface area contributed by atoms with Crippen LogP contribution in [0.2, 0.25) is 0 Å². The van der Waals surface area contributed by atoms with Crippen molar-refractivity contribution in [2.75, 3.05) is 26.3 Å². The molecule has 0 rings (SSSR count). The summed E-state index contributed by atoms with van der Waals surface area (Å²) >= 11 is 0. The normalized spacial score (nSPS) is 11.1. The Morgan fingerprint density at radius 2 is 2.12 bits per heavy atom. The fraction of sp³-hybridized carbons (Fsp3) is 0.769. The standard InChI is InChI=1S/C13H24N2O/c1-4-5-10-16-11-9-15-8-6-7-13(2,3)12-14/h4,15H,1,5-11H2,2-3H3. The molecule has 0 saturated heterocycles. The zero-order valence-corrected chi connectivity index (χ0v) is 10.6. The van der Waals surface area contributed by atoms with Crippen molar-refractivity contribution in [3.8, 4) is 6.07 Å². The van der Waals surface area contributed by atoms with Crippen LogP contribution in [0.25, 0.3) is 0 Å². The number of nitrogens with zero attached hydrogens (tertiary/aromatic N) is 1. The second-order valence-electron chi connectivity index (χ2n) is 4.54. The lowest BCUT2D eigenvalue weighted by molar-refractivity contribution is 0.140. The van der Waals surface area contributed by atoms with E-state index in [2.05, 4.69) is 18.0 Å². The molecular weight excluding hydrogens is 200 g/mol. The molecular formula is C13H24N2O. The second kappa shape index (κ2) is 9.38. The van der Waals surface area contributed by atoms with Crippen molar-refractivity contribution in [2.45, 2.75) is 33.1 Å². The summed E-state index contributed by atoms with van der Waals surface area (Å²) in [7, 11) is 0. The van der Waals surface area contributed by atoms with Crippen LogP contribution < -0.4 is 5.32 Å². The molecule has 0 aromatic rings. The molecule has 0 heterocycles. The highest BCUT2D eigenvalue weighted by Gasteiger charge is 2.14. The van der Waals surface area contributed by atoms with E-state index in [1.807, 2.05) is 19.9 Å². The zero-order valence-electron chi connectivity index (χ0n) is 10.6. The van der Waals surface area contributed by atoms with E-state index in [1.165, 1.54) is 0 Å². The monoisotopic (exact) mass is 224 g/mol. The van der Waals surface area contributed by atoms with Crippen LogP contribution in [0, 0.1) is 16.7 Å². The molecule has 0 amide bonds. The van der Waals surface area contributed by atoms with Gasteiger partial charge < -0.3 is 10.1 Å². The highest BCUT2D eigenvalue weighted by molar-refractivity contribution is 4.91. The molecule has 0 aromatic carbocycles. The molecule has 16 heavy (non-hydrogen) atoms. The highest BCUT2D eigenvalue weighted by Crippen LogP contribution is 2.19. The molecule has 92 valence electrons. The maximum atomic E-state index is 8.82. The average molecular weight is 224 g/mol. The van der Waals surface area contributed by atoms with E-state index in [0.29, 0.717) is 0 Å². The fourth-order valence-corrected chi connectivity index (χ4v) is 1.25. The summed E-state index contributed by atoms with van der Waals surface area (Å²) in [4.78, 5) is 0. The summed E-state index contributed by atoms with van der Waals surface area (Å²) in [5.41, 5.74) is -0.192. The van der Waals surface area contributed by atoms with E-state index < -0.39 is 0 Å². The molecule has 0 aliphatic rings. The first kappa shape index (κ1) is 15.2. The van der Waals surface area contributed by atoms with Crippen LogP contribution in [0.5, 0.6) is 0 Å². The molecule has 0 atom stereocenters. The highest BCUT2D eigenvalue weighted by atomic mass is 16.5. The van der Waals surface area contributed by atoms with E-state index in [1.54, 1.807) is 0 Å². The van der Waals surface area contributed by atoms with Crippen molar-refractivity contribution in [3.63, 3.8) is 0 Å². The molecule has 1 N–H and O–H groups in total. The predicted octanol–water partition coefficient (Wildman–Crippen LogP) is 2.50. The minimum Gasteiger partial charge on any atom is -0.380 e. The Labute approximate surface area is 99.5 Å². The molecule has 0 aliphatic heterocycles. The first-order valence-electron chi connectivity index (χ1n) is 5.93. The molecule has 0 aromatic heterocycles. The maximum absolute atomic E-state index is 8.82. The molecule has 0 radical (unpaired) electrons. The fourth-order valence-electron chi connectivity index (χ4n) is 1.25. The van der Waals surface area contributed by atoms with Crippen molar-refractivity contribution in [1.29, 1.82) is 5.26 Å². The first-order chi connectivity index (χ1) is 7.62. The topological polar surface area (TPSA) is 45.0 Å². The summed E-state index contributed by atoms with van der Waals surface area (Å²) in [5.74, 6) is 0. The van der Waals surface area contributed by atoms with E-state index >= 15 is 0 Å². The second-order valence-corrected chi connectivity index (χ2v) is 4.54. The minimum absolute atomic E-state index is 0.192. The van der Waals surface area contributed by atoms with E-state index in [9.17, 15) is 0 Å². The predicted molar refractivity (Wildman–Crippen MR) is 67.1 cm³/mol. The Hall–Kier alpha value is -0.850. The third-order valence-electron chi connectivity index (χ3n) is 2.35. The van der Waals surface area contributed by atoms with Crippen LogP contribution in [-0.2, 0) is 4.74 Å². The van der Waals surface area contributed by atoms with Crippen molar-refractivity contribution >= 4 is 0 Å². The number of rotatable bonds is 10. The number of hydrogen-bond donors (Lipinski definition) is 1. The zero-order chi connectivity index (χ0) is 12.3. The minimum atomic E-state index is -0.192. The summed E-state index contributed by atoms with van der Waals surface area (Å²) < 4.78 is 5.36. The SMILES string of the molecule is C=CCCOCCNCCCC(C)(C)C#N. The largest absolute Gasteiger partial charge is 0.380 e. The average Bonchev–Trinajstić information content (AvgIpc) is 2.27. The smallest absolute Gasteiger partial charge is 0.0683 e. The van der Waals surface area contributed by atoms with Crippen LogP contribution in [-0.4, -0.2) is 26.3 Å². The Balaban J connectivity index is 3.16. The molecule has 0 fully saturated rings. The lowest BCUT2D eigenvalue weighted by Gasteiger charge is -2.14. The number of nitriles is 1. The number of nitrogens with one attached hydrogen (secondary N) is 1. The Morgan fingerprint density at radius 3 is 2.75 bits per heavy atom. The van der Waals surface area contributed by atoms with Crippen molar-refractivity contribution in [3.05, 3.63) is 12.7 Å². The molecule has 0 saturated carbocycles. The summed E-state index contributed by atoms with van der Waals surface area (Å²) in [6.07, 6.45) is 4.74. The van der Waals surface area contributed by atoms with Gasteiger partial charge in [0.2, 0.25) is 0 Å². The molecule has 0 bridgehead atoms. The molecule has 0 unspecified atom stereocenters. The Kier molecular flexibility index (Phi) is 8.88. The van der Waals surface area contributed by atoms with E-state index in [-0.39, 0.29) is 5.41 Å². The Morgan fingerprint density at radius 1 is 1.38 bits per heavy atom. The van der Waals surface area contributed by atoms with Crippen LogP contribution in [0.4, 0.5) is 0 Å². The summed E-state index contributed by atoms with van der Waals surface area (Å²) in [5, 5.41) is 12.1. The molecule has 0 spiro atoms. The van der Waals surface area contributed by atoms with Crippen LogP contribution in [0.15, 0.2) is 12.7 Å². The van der Waals surface area contributed by atoms with Gasteiger partial charge in [0.1, 0.15) is 0 Å².